The summed E-state index contributed by atoms with van der Waals surface area (Å²) in [6.07, 6.45) is 7.54. The fourth-order valence-electron chi connectivity index (χ4n) is 5.47. The van der Waals surface area contributed by atoms with Gasteiger partial charge in [-0.05, 0) is 43.2 Å². The van der Waals surface area contributed by atoms with E-state index in [-0.39, 0.29) is 11.9 Å². The normalized spacial score (nSPS) is 15.0. The molecule has 3 aromatic heterocycles. The molecule has 1 unspecified atom stereocenters. The van der Waals surface area contributed by atoms with E-state index < -0.39 is 5.82 Å². The summed E-state index contributed by atoms with van der Waals surface area (Å²) in [4.78, 5) is 30.0. The van der Waals surface area contributed by atoms with Crippen LogP contribution in [0, 0.1) is 12.7 Å². The van der Waals surface area contributed by atoms with Gasteiger partial charge in [0.25, 0.3) is 0 Å². The van der Waals surface area contributed by atoms with E-state index >= 15 is 4.39 Å². The highest BCUT2D eigenvalue weighted by Gasteiger charge is 2.43. The molecule has 9 heteroatoms. The summed E-state index contributed by atoms with van der Waals surface area (Å²) < 4.78 is 15.4. The van der Waals surface area contributed by atoms with Crippen molar-refractivity contribution in [2.24, 2.45) is 0 Å². The zero-order valence-electron chi connectivity index (χ0n) is 22.5. The lowest BCUT2D eigenvalue weighted by Gasteiger charge is -2.22. The molecule has 0 bridgehead atoms. The lowest BCUT2D eigenvalue weighted by atomic mass is 9.92. The van der Waals surface area contributed by atoms with Gasteiger partial charge in [0, 0.05) is 58.2 Å². The number of aryl methyl sites for hydroxylation is 1. The summed E-state index contributed by atoms with van der Waals surface area (Å²) in [6, 6.07) is 15.0. The Balaban J connectivity index is 1.31. The number of amides is 1. The summed E-state index contributed by atoms with van der Waals surface area (Å²) in [5.41, 5.74) is 9.69. The molecule has 3 N–H and O–H groups in total. The van der Waals surface area contributed by atoms with Gasteiger partial charge < -0.3 is 16.0 Å². The highest BCUT2D eigenvalue weighted by molar-refractivity contribution is 6.00. The number of halogens is 1. The number of hydrogen-bond donors (Lipinski definition) is 3. The third kappa shape index (κ3) is 4.35. The Bertz CT molecular complexity index is 1890. The Labute approximate surface area is 235 Å². The standard InChI is InChI=1S/C32H26FN7O/c1-3-6-26(41)38-19-11-18(14-34-15-19)21-12-22-25(13-23(21)33)36-16-37-29(22)31-32-30(40-32)27-20(24-7-4-5-10-35-24)9-8-17(2)28(27)39-31/h4-5,7-16,30,39-40H,3,6H2,1-2H3,(H,38,41). The molecule has 1 saturated heterocycles. The fraction of sp³-hybridized carbons (Fsp3) is 0.156. The van der Waals surface area contributed by atoms with Crippen LogP contribution in [0.1, 0.15) is 42.6 Å². The maximum atomic E-state index is 15.4. The Morgan fingerprint density at radius 1 is 1.05 bits per heavy atom. The second-order valence-corrected chi connectivity index (χ2v) is 10.3. The van der Waals surface area contributed by atoms with Crippen LogP contribution < -0.4 is 16.0 Å². The van der Waals surface area contributed by atoms with Crippen molar-refractivity contribution in [2.75, 3.05) is 10.6 Å². The minimum absolute atomic E-state index is 0.0238. The number of nitrogens with one attached hydrogen (secondary N) is 3. The van der Waals surface area contributed by atoms with Crippen molar-refractivity contribution in [1.82, 2.24) is 25.3 Å². The molecule has 0 saturated carbocycles. The molecule has 2 aromatic carbocycles. The molecule has 41 heavy (non-hydrogen) atoms. The van der Waals surface area contributed by atoms with Gasteiger partial charge in [-0.2, -0.15) is 0 Å². The number of hydrogen-bond acceptors (Lipinski definition) is 7. The molecule has 2 aliphatic rings. The molecule has 0 radical (unpaired) electrons. The third-order valence-corrected chi connectivity index (χ3v) is 7.48. The van der Waals surface area contributed by atoms with Crippen LogP contribution in [0.15, 0.2) is 79.1 Å². The number of nitrogens with zero attached hydrogens (tertiary/aromatic N) is 4. The molecule has 5 aromatic rings. The SMILES string of the molecule is CCCC(=O)Nc1cncc(-c2cc3c(C4=C5NC5c5c(-c6ccccn6)ccc(C)c5N4)ncnc3cc2F)c1. The number of rotatable bonds is 6. The zero-order chi connectivity index (χ0) is 28.1. The minimum atomic E-state index is -0.432. The minimum Gasteiger partial charge on any atom is -0.372 e. The summed E-state index contributed by atoms with van der Waals surface area (Å²) in [6.45, 7) is 4.01. The number of benzene rings is 2. The van der Waals surface area contributed by atoms with Crippen molar-refractivity contribution < 1.29 is 9.18 Å². The summed E-state index contributed by atoms with van der Waals surface area (Å²) >= 11 is 0. The average molecular weight is 544 g/mol. The van der Waals surface area contributed by atoms with E-state index in [1.54, 1.807) is 30.7 Å². The Hall–Kier alpha value is -5.18. The van der Waals surface area contributed by atoms with Crippen molar-refractivity contribution in [2.45, 2.75) is 32.7 Å². The summed E-state index contributed by atoms with van der Waals surface area (Å²) in [5, 5.41) is 10.7. The van der Waals surface area contributed by atoms with Crippen molar-refractivity contribution in [3.63, 3.8) is 0 Å². The number of carbonyl (C=O) groups excluding carboxylic acids is 1. The smallest absolute Gasteiger partial charge is 0.224 e. The van der Waals surface area contributed by atoms with E-state index in [4.69, 9.17) is 0 Å². The molecule has 2 aliphatic heterocycles. The van der Waals surface area contributed by atoms with E-state index in [2.05, 4.69) is 54.9 Å². The van der Waals surface area contributed by atoms with Crippen molar-refractivity contribution in [3.05, 3.63) is 102 Å². The first-order valence-corrected chi connectivity index (χ1v) is 13.5. The Morgan fingerprint density at radius 2 is 1.95 bits per heavy atom. The molecular weight excluding hydrogens is 517 g/mol. The summed E-state index contributed by atoms with van der Waals surface area (Å²) in [5.74, 6) is -0.537. The molecule has 1 amide bonds. The quantitative estimate of drug-likeness (QED) is 0.213. The molecular formula is C32H26FN7O. The third-order valence-electron chi connectivity index (χ3n) is 7.48. The lowest BCUT2D eigenvalue weighted by molar-refractivity contribution is -0.116. The molecule has 5 heterocycles. The van der Waals surface area contributed by atoms with Gasteiger partial charge >= 0.3 is 0 Å². The van der Waals surface area contributed by atoms with Gasteiger partial charge in [-0.15, -0.1) is 0 Å². The number of carbonyl (C=O) groups is 1. The molecule has 1 atom stereocenters. The second kappa shape index (κ2) is 9.78. The van der Waals surface area contributed by atoms with E-state index in [0.29, 0.717) is 39.8 Å². The molecule has 7 rings (SSSR count). The molecule has 0 spiro atoms. The fourth-order valence-corrected chi connectivity index (χ4v) is 5.47. The first-order valence-electron chi connectivity index (χ1n) is 13.5. The van der Waals surface area contributed by atoms with Gasteiger partial charge in [0.1, 0.15) is 12.1 Å². The van der Waals surface area contributed by atoms with E-state index in [1.807, 2.05) is 25.1 Å². The molecule has 0 aliphatic carbocycles. The van der Waals surface area contributed by atoms with E-state index in [9.17, 15) is 4.79 Å². The Morgan fingerprint density at radius 3 is 2.78 bits per heavy atom. The monoisotopic (exact) mass is 543 g/mol. The number of pyridine rings is 2. The lowest BCUT2D eigenvalue weighted by Crippen LogP contribution is -2.11. The predicted octanol–water partition coefficient (Wildman–Crippen LogP) is 6.38. The van der Waals surface area contributed by atoms with Crippen LogP contribution >= 0.6 is 0 Å². The van der Waals surface area contributed by atoms with Crippen LogP contribution in [0.3, 0.4) is 0 Å². The predicted molar refractivity (Wildman–Crippen MR) is 157 cm³/mol. The number of aromatic nitrogens is 4. The first-order chi connectivity index (χ1) is 20.0. The van der Waals surface area contributed by atoms with Crippen LogP contribution in [0.25, 0.3) is 39.0 Å². The topological polar surface area (TPSA) is 115 Å². The average Bonchev–Trinajstić information content (AvgIpc) is 3.78. The number of fused-ring (bicyclic) bond motifs is 4. The second-order valence-electron chi connectivity index (χ2n) is 10.3. The van der Waals surface area contributed by atoms with E-state index in [1.165, 1.54) is 12.4 Å². The maximum Gasteiger partial charge on any atom is 0.224 e. The van der Waals surface area contributed by atoms with Crippen LogP contribution in [0.2, 0.25) is 0 Å². The Kier molecular flexibility index (Phi) is 5.92. The highest BCUT2D eigenvalue weighted by Crippen LogP contribution is 2.51. The van der Waals surface area contributed by atoms with Crippen LogP contribution in [0.5, 0.6) is 0 Å². The van der Waals surface area contributed by atoms with Gasteiger partial charge in [-0.25, -0.2) is 14.4 Å². The van der Waals surface area contributed by atoms with Crippen molar-refractivity contribution in [3.8, 4) is 22.4 Å². The zero-order valence-corrected chi connectivity index (χ0v) is 22.5. The van der Waals surface area contributed by atoms with Crippen molar-refractivity contribution in [1.29, 1.82) is 0 Å². The van der Waals surface area contributed by atoms with Gasteiger partial charge in [-0.3, -0.25) is 14.8 Å². The van der Waals surface area contributed by atoms with Crippen LogP contribution in [-0.4, -0.2) is 25.8 Å². The van der Waals surface area contributed by atoms with Gasteiger partial charge in [-0.1, -0.05) is 25.1 Å². The summed E-state index contributed by atoms with van der Waals surface area (Å²) in [7, 11) is 0. The molecule has 8 nitrogen and oxygen atoms in total. The van der Waals surface area contributed by atoms with Crippen LogP contribution in [0.4, 0.5) is 15.8 Å². The van der Waals surface area contributed by atoms with Gasteiger partial charge in [0.2, 0.25) is 5.91 Å². The van der Waals surface area contributed by atoms with Crippen LogP contribution in [-0.2, 0) is 4.79 Å². The van der Waals surface area contributed by atoms with E-state index in [0.717, 1.165) is 45.9 Å². The van der Waals surface area contributed by atoms with Gasteiger partial charge in [0.05, 0.1) is 46.2 Å². The number of anilines is 2. The first kappa shape index (κ1) is 24.8. The highest BCUT2D eigenvalue weighted by atomic mass is 19.1. The van der Waals surface area contributed by atoms with Crippen molar-refractivity contribution >= 4 is 33.9 Å². The maximum absolute atomic E-state index is 15.4. The largest absolute Gasteiger partial charge is 0.372 e. The molecule has 1 fully saturated rings. The van der Waals surface area contributed by atoms with Gasteiger partial charge in [0.15, 0.2) is 0 Å². The molecule has 202 valence electrons.